The summed E-state index contributed by atoms with van der Waals surface area (Å²) in [4.78, 5) is 18.9. The first-order valence-corrected chi connectivity index (χ1v) is 10.3. The quantitative estimate of drug-likeness (QED) is 0.225. The molecule has 0 saturated heterocycles. The maximum absolute atomic E-state index is 10.6. The molecule has 0 bridgehead atoms. The highest BCUT2D eigenvalue weighted by Gasteiger charge is 2.27. The van der Waals surface area contributed by atoms with Gasteiger partial charge in [0.1, 0.15) is 6.04 Å². The summed E-state index contributed by atoms with van der Waals surface area (Å²) in [5.41, 5.74) is 7.70. The van der Waals surface area contributed by atoms with Crippen LogP contribution in [0.1, 0.15) is 6.42 Å². The first-order valence-electron chi connectivity index (χ1n) is 8.03. The molecule has 2 aromatic rings. The van der Waals surface area contributed by atoms with Gasteiger partial charge in [0.05, 0.1) is 0 Å². The lowest BCUT2D eigenvalue weighted by molar-refractivity contribution is -0.794. The van der Waals surface area contributed by atoms with Gasteiger partial charge in [0.2, 0.25) is 13.1 Å². The molecule has 11 heteroatoms. The van der Waals surface area contributed by atoms with Crippen LogP contribution in [0.5, 0.6) is 0 Å². The van der Waals surface area contributed by atoms with Gasteiger partial charge in [-0.3, -0.25) is 9.36 Å². The largest absolute Gasteiger partial charge is 1.00 e. The molecule has 0 fully saturated rings. The van der Waals surface area contributed by atoms with Crippen LogP contribution in [0.3, 0.4) is 0 Å². The van der Waals surface area contributed by atoms with Gasteiger partial charge >= 0.3 is 5.97 Å². The van der Waals surface area contributed by atoms with Gasteiger partial charge < -0.3 is 55.8 Å². The molecule has 2 atom stereocenters. The van der Waals surface area contributed by atoms with Crippen molar-refractivity contribution in [1.29, 1.82) is 0 Å². The number of aliphatic carboxylic acids is 1. The predicted molar refractivity (Wildman–Crippen MR) is 98.1 cm³/mol. The van der Waals surface area contributed by atoms with E-state index in [9.17, 15) is 9.36 Å². The number of rotatable bonds is 4. The number of hydrogen-bond donors (Lipinski definition) is 4. The molecule has 1 aliphatic heterocycles. The van der Waals surface area contributed by atoms with Gasteiger partial charge in [0.15, 0.2) is 19.8 Å². The van der Waals surface area contributed by atoms with Gasteiger partial charge in [-0.05, 0) is 18.6 Å². The average Bonchev–Trinajstić information content (AvgIpc) is 2.59. The number of pyridine rings is 2. The molecule has 1 aliphatic rings. The SMILES string of the molecule is CP(=O)(O)CCC(N)C(=O)O.N.[Br-].[Br-].c1cc[n+]2c(c1)-c1cccc[n+]1CC2. The average molecular weight is 542 g/mol. The topological polar surface area (TPSA) is 143 Å². The predicted octanol–water partition coefficient (Wildman–Crippen LogP) is -5.20. The Morgan fingerprint density at radius 1 is 1.11 bits per heavy atom. The van der Waals surface area contributed by atoms with Crippen LogP contribution in [0.2, 0.25) is 0 Å². The molecule has 0 spiro atoms. The molecule has 0 aliphatic carbocycles. The number of hydrogen-bond acceptors (Lipinski definition) is 4. The van der Waals surface area contributed by atoms with E-state index in [0.29, 0.717) is 0 Å². The van der Waals surface area contributed by atoms with Crippen LogP contribution in [-0.4, -0.2) is 34.8 Å². The molecule has 7 N–H and O–H groups in total. The van der Waals surface area contributed by atoms with Gasteiger partial charge in [-0.25, -0.2) is 0 Å². The number of aromatic nitrogens is 2. The van der Waals surface area contributed by atoms with Crippen molar-refractivity contribution >= 4 is 13.3 Å². The third-order valence-electron chi connectivity index (χ3n) is 3.90. The van der Waals surface area contributed by atoms with Crippen LogP contribution < -0.4 is 55.0 Å². The molecule has 8 nitrogen and oxygen atoms in total. The summed E-state index contributed by atoms with van der Waals surface area (Å²) in [6.07, 6.45) is 4.29. The molecule has 0 radical (unpaired) electrons. The Balaban J connectivity index is 0. The zero-order chi connectivity index (χ0) is 18.4. The number of carboxylic acids is 1. The summed E-state index contributed by atoms with van der Waals surface area (Å²) in [7, 11) is -3.10. The first-order chi connectivity index (χ1) is 11.8. The molecule has 3 heterocycles. The van der Waals surface area contributed by atoms with E-state index in [2.05, 4.69) is 57.9 Å². The van der Waals surface area contributed by atoms with Gasteiger partial charge in [-0.15, -0.1) is 0 Å². The van der Waals surface area contributed by atoms with Gasteiger partial charge in [0, 0.05) is 37.1 Å². The van der Waals surface area contributed by atoms with E-state index in [1.807, 2.05) is 0 Å². The van der Waals surface area contributed by atoms with Crippen molar-refractivity contribution in [3.63, 3.8) is 0 Å². The van der Waals surface area contributed by atoms with Crippen LogP contribution in [0.25, 0.3) is 11.4 Å². The minimum Gasteiger partial charge on any atom is -1.00 e. The highest BCUT2D eigenvalue weighted by molar-refractivity contribution is 7.57. The zero-order valence-corrected chi connectivity index (χ0v) is 19.7. The molecule has 0 amide bonds. The second kappa shape index (κ2) is 13.1. The lowest BCUT2D eigenvalue weighted by Gasteiger charge is -2.08. The normalized spacial score (nSPS) is 14.0. The summed E-state index contributed by atoms with van der Waals surface area (Å²) < 4.78 is 15.3. The number of halogens is 2. The minimum atomic E-state index is -3.10. The minimum absolute atomic E-state index is 0. The number of carbonyl (C=O) groups is 1. The van der Waals surface area contributed by atoms with Crippen molar-refractivity contribution in [1.82, 2.24) is 6.15 Å². The van der Waals surface area contributed by atoms with Crippen LogP contribution in [0, 0.1) is 0 Å². The third kappa shape index (κ3) is 8.89. The highest BCUT2D eigenvalue weighted by atomic mass is 79.9. The summed E-state index contributed by atoms with van der Waals surface area (Å²) in [6, 6.07) is 11.7. The summed E-state index contributed by atoms with van der Waals surface area (Å²) >= 11 is 0. The number of fused-ring (bicyclic) bond motifs is 3. The monoisotopic (exact) mass is 540 g/mol. The van der Waals surface area contributed by atoms with E-state index in [1.165, 1.54) is 18.1 Å². The summed E-state index contributed by atoms with van der Waals surface area (Å²) in [5, 5.41) is 8.28. The van der Waals surface area contributed by atoms with Crippen LogP contribution in [0.15, 0.2) is 48.8 Å². The Morgan fingerprint density at radius 3 is 1.89 bits per heavy atom. The van der Waals surface area contributed by atoms with Crippen molar-refractivity contribution in [2.75, 3.05) is 12.8 Å². The molecule has 28 heavy (non-hydrogen) atoms. The fourth-order valence-electron chi connectivity index (χ4n) is 2.53. The van der Waals surface area contributed by atoms with Gasteiger partial charge in [0.25, 0.3) is 11.4 Å². The fourth-order valence-corrected chi connectivity index (χ4v) is 3.28. The molecule has 158 valence electrons. The molecular formula is C17H27Br2N4O4P. The molecule has 0 saturated carbocycles. The molecule has 2 unspecified atom stereocenters. The summed E-state index contributed by atoms with van der Waals surface area (Å²) in [5.74, 6) is -1.14. The number of nitrogens with zero attached hydrogens (tertiary/aromatic N) is 2. The Morgan fingerprint density at radius 2 is 1.54 bits per heavy atom. The van der Waals surface area contributed by atoms with Crippen molar-refractivity contribution in [2.24, 2.45) is 5.73 Å². The second-order valence-corrected chi connectivity index (χ2v) is 8.62. The van der Waals surface area contributed by atoms with Crippen molar-refractivity contribution in [3.8, 4) is 11.4 Å². The number of aryl methyl sites for hydroxylation is 2. The van der Waals surface area contributed by atoms with E-state index in [4.69, 9.17) is 15.7 Å². The molecule has 3 rings (SSSR count). The van der Waals surface area contributed by atoms with Gasteiger partial charge in [-0.2, -0.15) is 9.13 Å². The van der Waals surface area contributed by atoms with Crippen molar-refractivity contribution in [3.05, 3.63) is 48.8 Å². The molecular weight excluding hydrogens is 515 g/mol. The Kier molecular flexibility index (Phi) is 13.6. The van der Waals surface area contributed by atoms with Crippen LogP contribution in [-0.2, 0) is 22.4 Å². The Hall–Kier alpha value is -1.16. The van der Waals surface area contributed by atoms with E-state index >= 15 is 0 Å². The molecule has 0 aromatic carbocycles. The lowest BCUT2D eigenvalue weighted by Crippen LogP contribution is -3.00. The first kappa shape index (κ1) is 29.0. The van der Waals surface area contributed by atoms with E-state index in [0.717, 1.165) is 13.1 Å². The standard InChI is InChI=1S/C12H12N2.C5H12NO4P.2BrH.H3N/c1-3-7-13-9-10-14-8-4-2-6-12(14)11(13)5-1;1-11(9,10)3-2-4(6)5(7)8;;;/h1-8H,9-10H2;4H,2-3,6H2,1H3,(H,7,8)(H,9,10);2*1H;1H3/q+2;;;;/p-2. The van der Waals surface area contributed by atoms with E-state index in [1.54, 1.807) is 0 Å². The maximum atomic E-state index is 10.6. The Bertz CT molecular complexity index is 759. The molecule has 2 aromatic heterocycles. The summed E-state index contributed by atoms with van der Waals surface area (Å²) in [6.45, 7) is 3.32. The van der Waals surface area contributed by atoms with Crippen LogP contribution in [0.4, 0.5) is 0 Å². The van der Waals surface area contributed by atoms with Crippen molar-refractivity contribution in [2.45, 2.75) is 25.6 Å². The van der Waals surface area contributed by atoms with E-state index < -0.39 is 19.4 Å². The smallest absolute Gasteiger partial charge is 0.320 e. The lowest BCUT2D eigenvalue weighted by atomic mass is 10.2. The zero-order valence-electron chi connectivity index (χ0n) is 15.6. The van der Waals surface area contributed by atoms with Gasteiger partial charge in [-0.1, -0.05) is 0 Å². The fraction of sp³-hybridized carbons (Fsp3) is 0.353. The van der Waals surface area contributed by atoms with Crippen molar-refractivity contribution < 1.29 is 62.5 Å². The van der Waals surface area contributed by atoms with E-state index in [-0.39, 0.29) is 52.7 Å². The highest BCUT2D eigenvalue weighted by Crippen LogP contribution is 2.35. The van der Waals surface area contributed by atoms with Crippen LogP contribution >= 0.6 is 7.37 Å². The number of carboxylic acid groups (broad SMARTS) is 1. The maximum Gasteiger partial charge on any atom is 0.320 e. The second-order valence-electron chi connectivity index (χ2n) is 6.07. The Labute approximate surface area is 186 Å². The third-order valence-corrected chi connectivity index (χ3v) is 4.99. The number of nitrogens with two attached hydrogens (primary N) is 1.